The lowest BCUT2D eigenvalue weighted by atomic mass is 9.98. The van der Waals surface area contributed by atoms with Crippen LogP contribution in [0, 0.1) is 0 Å². The number of piperazine rings is 1. The number of hydrogen-bond donors (Lipinski definition) is 2. The Morgan fingerprint density at radius 3 is 2.18 bits per heavy atom. The Bertz CT molecular complexity index is 1140. The fourth-order valence-corrected chi connectivity index (χ4v) is 4.21. The zero-order chi connectivity index (χ0) is 23.2. The molecule has 4 amide bonds. The molecule has 2 N–H and O–H groups in total. The van der Waals surface area contributed by atoms with Crippen molar-refractivity contribution in [2.75, 3.05) is 31.5 Å². The van der Waals surface area contributed by atoms with E-state index in [1.54, 1.807) is 9.80 Å². The van der Waals surface area contributed by atoms with E-state index < -0.39 is 6.04 Å². The maximum Gasteiger partial charge on any atom is 0.321 e. The summed E-state index contributed by atoms with van der Waals surface area (Å²) in [5.74, 6) is -0.365. The number of rotatable bonds is 5. The molecule has 0 bridgehead atoms. The van der Waals surface area contributed by atoms with E-state index in [9.17, 15) is 14.4 Å². The fraction of sp³-hybridized carbons (Fsp3) is 0.269. The summed E-state index contributed by atoms with van der Waals surface area (Å²) >= 11 is 0. The molecule has 1 atom stereocenters. The van der Waals surface area contributed by atoms with E-state index in [-0.39, 0.29) is 17.8 Å². The second-order valence-corrected chi connectivity index (χ2v) is 8.20. The SMILES string of the molecule is CC(=O)NC(Cc1cccc2ccccc12)C(=O)N1CCN(C(=O)Nc2ccccc2)CC1. The first-order chi connectivity index (χ1) is 16.0. The number of urea groups is 1. The lowest BCUT2D eigenvalue weighted by Crippen LogP contribution is -2.56. The Labute approximate surface area is 193 Å². The van der Waals surface area contributed by atoms with Crippen molar-refractivity contribution in [3.05, 3.63) is 78.4 Å². The summed E-state index contributed by atoms with van der Waals surface area (Å²) in [4.78, 5) is 41.2. The second-order valence-electron chi connectivity index (χ2n) is 8.20. The van der Waals surface area contributed by atoms with Gasteiger partial charge in [0.1, 0.15) is 6.04 Å². The summed E-state index contributed by atoms with van der Waals surface area (Å²) in [6.07, 6.45) is 0.411. The summed E-state index contributed by atoms with van der Waals surface area (Å²) in [6, 6.07) is 22.5. The van der Waals surface area contributed by atoms with Crippen LogP contribution in [0.15, 0.2) is 72.8 Å². The highest BCUT2D eigenvalue weighted by Crippen LogP contribution is 2.20. The number of fused-ring (bicyclic) bond motifs is 1. The number of nitrogens with zero attached hydrogens (tertiary/aromatic N) is 2. The molecule has 0 aromatic heterocycles. The minimum absolute atomic E-state index is 0.124. The second kappa shape index (κ2) is 10.2. The highest BCUT2D eigenvalue weighted by molar-refractivity contribution is 5.91. The van der Waals surface area contributed by atoms with Gasteiger partial charge in [0.25, 0.3) is 0 Å². The van der Waals surface area contributed by atoms with Crippen LogP contribution in [0.3, 0.4) is 0 Å². The molecule has 33 heavy (non-hydrogen) atoms. The molecule has 3 aromatic rings. The Hall–Kier alpha value is -3.87. The first kappa shape index (κ1) is 22.3. The minimum atomic E-state index is -0.655. The van der Waals surface area contributed by atoms with Gasteiger partial charge in [-0.15, -0.1) is 0 Å². The van der Waals surface area contributed by atoms with Gasteiger partial charge in [-0.1, -0.05) is 60.7 Å². The number of hydrogen-bond acceptors (Lipinski definition) is 3. The van der Waals surface area contributed by atoms with Gasteiger partial charge in [-0.25, -0.2) is 4.79 Å². The molecular formula is C26H28N4O3. The zero-order valence-corrected chi connectivity index (χ0v) is 18.7. The van der Waals surface area contributed by atoms with Crippen LogP contribution in [-0.2, 0) is 16.0 Å². The van der Waals surface area contributed by atoms with Gasteiger partial charge in [0.15, 0.2) is 0 Å². The smallest absolute Gasteiger partial charge is 0.321 e. The predicted molar refractivity (Wildman–Crippen MR) is 129 cm³/mol. The first-order valence-corrected chi connectivity index (χ1v) is 11.1. The highest BCUT2D eigenvalue weighted by atomic mass is 16.2. The number of carbonyl (C=O) groups is 3. The lowest BCUT2D eigenvalue weighted by Gasteiger charge is -2.36. The van der Waals surface area contributed by atoms with Crippen molar-refractivity contribution in [3.63, 3.8) is 0 Å². The predicted octanol–water partition coefficient (Wildman–Crippen LogP) is 3.26. The van der Waals surface area contributed by atoms with E-state index in [4.69, 9.17) is 0 Å². The molecule has 7 heteroatoms. The third-order valence-electron chi connectivity index (χ3n) is 5.88. The number of nitrogens with one attached hydrogen (secondary N) is 2. The molecule has 1 aliphatic rings. The van der Waals surface area contributed by atoms with Gasteiger partial charge in [0.2, 0.25) is 11.8 Å². The number of para-hydroxylation sites is 1. The van der Waals surface area contributed by atoms with Gasteiger partial charge >= 0.3 is 6.03 Å². The van der Waals surface area contributed by atoms with E-state index in [0.717, 1.165) is 22.0 Å². The van der Waals surface area contributed by atoms with Gasteiger partial charge in [0.05, 0.1) is 0 Å². The van der Waals surface area contributed by atoms with Crippen LogP contribution < -0.4 is 10.6 Å². The van der Waals surface area contributed by atoms with Crippen LogP contribution in [0.4, 0.5) is 10.5 Å². The molecule has 1 saturated heterocycles. The molecule has 7 nitrogen and oxygen atoms in total. The minimum Gasteiger partial charge on any atom is -0.344 e. The van der Waals surface area contributed by atoms with Crippen molar-refractivity contribution >= 4 is 34.3 Å². The Morgan fingerprint density at radius 1 is 0.818 bits per heavy atom. The van der Waals surface area contributed by atoms with Crippen LogP contribution in [0.1, 0.15) is 12.5 Å². The van der Waals surface area contributed by atoms with Crippen molar-refractivity contribution in [1.29, 1.82) is 0 Å². The van der Waals surface area contributed by atoms with E-state index in [0.29, 0.717) is 32.6 Å². The average Bonchev–Trinajstić information content (AvgIpc) is 2.84. The topological polar surface area (TPSA) is 81.8 Å². The van der Waals surface area contributed by atoms with Crippen LogP contribution in [0.2, 0.25) is 0 Å². The van der Waals surface area contributed by atoms with Crippen molar-refractivity contribution in [2.45, 2.75) is 19.4 Å². The molecule has 0 saturated carbocycles. The molecular weight excluding hydrogens is 416 g/mol. The molecule has 1 heterocycles. The monoisotopic (exact) mass is 444 g/mol. The maximum absolute atomic E-state index is 13.3. The molecule has 0 aliphatic carbocycles. The molecule has 1 unspecified atom stereocenters. The molecule has 1 aliphatic heterocycles. The summed E-state index contributed by atoms with van der Waals surface area (Å²) in [5, 5.41) is 7.89. The largest absolute Gasteiger partial charge is 0.344 e. The Balaban J connectivity index is 1.41. The van der Waals surface area contributed by atoms with E-state index >= 15 is 0 Å². The number of benzene rings is 3. The Kier molecular flexibility index (Phi) is 6.88. The number of amides is 4. The van der Waals surface area contributed by atoms with Crippen LogP contribution in [0.5, 0.6) is 0 Å². The summed E-state index contributed by atoms with van der Waals surface area (Å²) in [5.41, 5.74) is 1.75. The van der Waals surface area contributed by atoms with Crippen molar-refractivity contribution in [2.24, 2.45) is 0 Å². The maximum atomic E-state index is 13.3. The standard InChI is InChI=1S/C26H28N4O3/c1-19(31)27-24(18-21-10-7-9-20-8-5-6-13-23(20)21)25(32)29-14-16-30(17-15-29)26(33)28-22-11-3-2-4-12-22/h2-13,24H,14-18H2,1H3,(H,27,31)(H,28,33). The average molecular weight is 445 g/mol. The molecule has 0 spiro atoms. The third-order valence-corrected chi connectivity index (χ3v) is 5.88. The van der Waals surface area contributed by atoms with Gasteiger partial charge in [-0.2, -0.15) is 0 Å². The van der Waals surface area contributed by atoms with Crippen molar-refractivity contribution in [3.8, 4) is 0 Å². The molecule has 3 aromatic carbocycles. The van der Waals surface area contributed by atoms with Crippen LogP contribution in [0.25, 0.3) is 10.8 Å². The molecule has 170 valence electrons. The van der Waals surface area contributed by atoms with Crippen LogP contribution in [-0.4, -0.2) is 59.9 Å². The summed E-state index contributed by atoms with van der Waals surface area (Å²) in [7, 11) is 0. The quantitative estimate of drug-likeness (QED) is 0.634. The number of carbonyl (C=O) groups excluding carboxylic acids is 3. The fourth-order valence-electron chi connectivity index (χ4n) is 4.21. The van der Waals surface area contributed by atoms with Gasteiger partial charge in [-0.3, -0.25) is 9.59 Å². The third kappa shape index (κ3) is 5.49. The summed E-state index contributed by atoms with van der Waals surface area (Å²) in [6.45, 7) is 3.14. The number of anilines is 1. The van der Waals surface area contributed by atoms with Crippen LogP contribution >= 0.6 is 0 Å². The first-order valence-electron chi connectivity index (χ1n) is 11.1. The Morgan fingerprint density at radius 2 is 1.45 bits per heavy atom. The van der Waals surface area contributed by atoms with Crippen molar-refractivity contribution in [1.82, 2.24) is 15.1 Å². The molecule has 4 rings (SSSR count). The van der Waals surface area contributed by atoms with E-state index in [2.05, 4.69) is 10.6 Å². The van der Waals surface area contributed by atoms with Gasteiger partial charge in [-0.05, 0) is 28.5 Å². The molecule has 1 fully saturated rings. The van der Waals surface area contributed by atoms with Gasteiger partial charge in [0, 0.05) is 45.2 Å². The van der Waals surface area contributed by atoms with E-state index in [1.807, 2.05) is 72.8 Å². The van der Waals surface area contributed by atoms with E-state index in [1.165, 1.54) is 6.92 Å². The van der Waals surface area contributed by atoms with Crippen molar-refractivity contribution < 1.29 is 14.4 Å². The normalized spacial score (nSPS) is 14.6. The summed E-state index contributed by atoms with van der Waals surface area (Å²) < 4.78 is 0. The zero-order valence-electron chi connectivity index (χ0n) is 18.7. The highest BCUT2D eigenvalue weighted by Gasteiger charge is 2.30. The molecule has 0 radical (unpaired) electrons. The van der Waals surface area contributed by atoms with Gasteiger partial charge < -0.3 is 20.4 Å². The lowest BCUT2D eigenvalue weighted by molar-refractivity contribution is -0.137.